The third-order valence-electron chi connectivity index (χ3n) is 5.41. The maximum Gasteiger partial charge on any atom is 0.407 e. The van der Waals surface area contributed by atoms with E-state index in [1.54, 1.807) is 25.3 Å². The van der Waals surface area contributed by atoms with Crippen LogP contribution in [0.4, 0.5) is 4.79 Å². The summed E-state index contributed by atoms with van der Waals surface area (Å²) in [6.07, 6.45) is -0.0119. The fourth-order valence-electron chi connectivity index (χ4n) is 3.91. The Bertz CT molecular complexity index is 1200. The van der Waals surface area contributed by atoms with E-state index in [2.05, 4.69) is 47.5 Å². The summed E-state index contributed by atoms with van der Waals surface area (Å²) in [6.45, 7) is 0.646. The first-order chi connectivity index (χ1) is 15.7. The molecule has 1 aliphatic rings. The van der Waals surface area contributed by atoms with Gasteiger partial charge < -0.3 is 14.8 Å². The van der Waals surface area contributed by atoms with Crippen molar-refractivity contribution in [3.05, 3.63) is 89.0 Å². The Hall–Kier alpha value is -4.22. The molecule has 1 aliphatic carbocycles. The molecule has 0 aliphatic heterocycles. The van der Waals surface area contributed by atoms with Crippen molar-refractivity contribution in [1.29, 1.82) is 5.26 Å². The molecule has 4 rings (SSSR count). The van der Waals surface area contributed by atoms with Gasteiger partial charge in [-0.05, 0) is 40.5 Å². The highest BCUT2D eigenvalue weighted by Crippen LogP contribution is 2.44. The Kier molecular flexibility index (Phi) is 6.39. The second kappa shape index (κ2) is 9.73. The average molecular weight is 422 g/mol. The summed E-state index contributed by atoms with van der Waals surface area (Å²) in [5.41, 5.74) is 5.92. The normalized spacial score (nSPS) is 11.4. The third-order valence-corrected chi connectivity index (χ3v) is 5.41. The van der Waals surface area contributed by atoms with Crippen LogP contribution in [0.2, 0.25) is 0 Å². The number of fused-ring (bicyclic) bond motifs is 3. The zero-order valence-electron chi connectivity index (χ0n) is 17.7. The molecule has 158 valence electrons. The second-order valence-corrected chi connectivity index (χ2v) is 7.33. The summed E-state index contributed by atoms with van der Waals surface area (Å²) in [7, 11) is 1.56. The number of methoxy groups -OCH3 is 1. The van der Waals surface area contributed by atoms with Crippen LogP contribution < -0.4 is 10.1 Å². The molecule has 0 atom stereocenters. The Morgan fingerprint density at radius 1 is 1.03 bits per heavy atom. The second-order valence-electron chi connectivity index (χ2n) is 7.33. The average Bonchev–Trinajstić information content (AvgIpc) is 3.16. The summed E-state index contributed by atoms with van der Waals surface area (Å²) >= 11 is 0. The molecule has 1 N–H and O–H groups in total. The van der Waals surface area contributed by atoms with E-state index >= 15 is 0 Å². The Labute approximate surface area is 187 Å². The number of alkyl carbamates (subject to hydrolysis) is 1. The Morgan fingerprint density at radius 3 is 2.38 bits per heavy atom. The van der Waals surface area contributed by atoms with Gasteiger partial charge in [-0.15, -0.1) is 0 Å². The van der Waals surface area contributed by atoms with Gasteiger partial charge in [0.05, 0.1) is 24.3 Å². The lowest BCUT2D eigenvalue weighted by molar-refractivity contribution is 0.143. The molecule has 0 heterocycles. The van der Waals surface area contributed by atoms with E-state index in [1.807, 2.05) is 24.3 Å². The molecule has 1 amide bonds. The first kappa shape index (κ1) is 21.0. The van der Waals surface area contributed by atoms with Gasteiger partial charge in [0.1, 0.15) is 12.4 Å². The molecular formula is C27H22N2O3. The van der Waals surface area contributed by atoms with Crippen LogP contribution in [0.1, 0.15) is 34.6 Å². The maximum absolute atomic E-state index is 12.2. The molecule has 0 bridgehead atoms. The summed E-state index contributed by atoms with van der Waals surface area (Å²) < 4.78 is 10.8. The number of rotatable bonds is 5. The molecule has 5 heteroatoms. The van der Waals surface area contributed by atoms with Crippen LogP contribution in [0.15, 0.2) is 66.7 Å². The Balaban J connectivity index is 1.30. The highest BCUT2D eigenvalue weighted by atomic mass is 16.5. The fourth-order valence-corrected chi connectivity index (χ4v) is 3.91. The highest BCUT2D eigenvalue weighted by molar-refractivity contribution is 5.79. The number of amides is 1. The first-order valence-electron chi connectivity index (χ1n) is 10.4. The summed E-state index contributed by atoms with van der Waals surface area (Å²) in [5, 5.41) is 11.8. The summed E-state index contributed by atoms with van der Waals surface area (Å²) in [4.78, 5) is 12.2. The van der Waals surface area contributed by atoms with Gasteiger partial charge in [0.25, 0.3) is 0 Å². The van der Waals surface area contributed by atoms with Gasteiger partial charge in [-0.25, -0.2) is 4.79 Å². The van der Waals surface area contributed by atoms with Crippen molar-refractivity contribution in [2.24, 2.45) is 0 Å². The van der Waals surface area contributed by atoms with E-state index in [0.29, 0.717) is 29.8 Å². The molecular weight excluding hydrogens is 400 g/mol. The van der Waals surface area contributed by atoms with Gasteiger partial charge in [-0.3, -0.25) is 0 Å². The molecule has 0 spiro atoms. The molecule has 32 heavy (non-hydrogen) atoms. The molecule has 3 aromatic rings. The molecule has 0 saturated heterocycles. The number of benzene rings is 3. The van der Waals surface area contributed by atoms with Crippen LogP contribution in [-0.2, 0) is 4.74 Å². The van der Waals surface area contributed by atoms with E-state index in [9.17, 15) is 4.79 Å². The predicted octanol–water partition coefficient (Wildman–Crippen LogP) is 4.85. The van der Waals surface area contributed by atoms with Gasteiger partial charge in [-0.1, -0.05) is 60.4 Å². The molecule has 0 radical (unpaired) electrons. The van der Waals surface area contributed by atoms with E-state index in [-0.39, 0.29) is 12.5 Å². The SMILES string of the molecule is COc1ccc(C#N)cc1C#CCCNC(=O)OCC1c2ccccc2-c2ccccc21. The van der Waals surface area contributed by atoms with Crippen molar-refractivity contribution in [1.82, 2.24) is 5.32 Å². The number of hydrogen-bond acceptors (Lipinski definition) is 4. The Morgan fingerprint density at radius 2 is 1.72 bits per heavy atom. The number of ether oxygens (including phenoxy) is 2. The monoisotopic (exact) mass is 422 g/mol. The van der Waals surface area contributed by atoms with Crippen LogP contribution in [0.5, 0.6) is 5.75 Å². The summed E-state index contributed by atoms with van der Waals surface area (Å²) in [5.74, 6) is 6.64. The zero-order chi connectivity index (χ0) is 22.3. The van der Waals surface area contributed by atoms with Gasteiger partial charge in [0.2, 0.25) is 0 Å². The molecule has 5 nitrogen and oxygen atoms in total. The van der Waals surface area contributed by atoms with Gasteiger partial charge in [-0.2, -0.15) is 5.26 Å². The lowest BCUT2D eigenvalue weighted by Crippen LogP contribution is -2.26. The van der Waals surface area contributed by atoms with Crippen molar-refractivity contribution in [2.45, 2.75) is 12.3 Å². The third kappa shape index (κ3) is 4.43. The van der Waals surface area contributed by atoms with Crippen molar-refractivity contribution in [2.75, 3.05) is 20.3 Å². The number of carbonyl (C=O) groups excluding carboxylic acids is 1. The quantitative estimate of drug-likeness (QED) is 0.471. The number of hydrogen-bond donors (Lipinski definition) is 1. The number of carbonyl (C=O) groups is 1. The van der Waals surface area contributed by atoms with Gasteiger partial charge in [0.15, 0.2) is 0 Å². The van der Waals surface area contributed by atoms with Crippen LogP contribution >= 0.6 is 0 Å². The number of nitrogens with one attached hydrogen (secondary N) is 1. The van der Waals surface area contributed by atoms with Gasteiger partial charge in [0, 0.05) is 18.9 Å². The summed E-state index contributed by atoms with van der Waals surface area (Å²) in [6, 6.07) is 23.6. The van der Waals surface area contributed by atoms with Gasteiger partial charge >= 0.3 is 6.09 Å². The minimum Gasteiger partial charge on any atom is -0.495 e. The fraction of sp³-hybridized carbons (Fsp3) is 0.185. The van der Waals surface area contributed by atoms with Crippen molar-refractivity contribution >= 4 is 6.09 Å². The lowest BCUT2D eigenvalue weighted by Gasteiger charge is -2.14. The largest absolute Gasteiger partial charge is 0.495 e. The molecule has 3 aromatic carbocycles. The lowest BCUT2D eigenvalue weighted by atomic mass is 9.98. The first-order valence-corrected chi connectivity index (χ1v) is 10.4. The van der Waals surface area contributed by atoms with Crippen LogP contribution in [0.3, 0.4) is 0 Å². The van der Waals surface area contributed by atoms with Crippen molar-refractivity contribution in [3.63, 3.8) is 0 Å². The van der Waals surface area contributed by atoms with Crippen LogP contribution in [0, 0.1) is 23.2 Å². The number of nitriles is 1. The maximum atomic E-state index is 12.2. The zero-order valence-corrected chi connectivity index (χ0v) is 17.7. The minimum absolute atomic E-state index is 0.0350. The van der Waals surface area contributed by atoms with E-state index < -0.39 is 6.09 Å². The number of nitrogens with zero attached hydrogens (tertiary/aromatic N) is 1. The standard InChI is InChI=1S/C27H22N2O3/c1-31-26-14-13-19(17-28)16-20(26)8-6-7-15-29-27(30)32-18-25-23-11-4-2-9-21(23)22-10-3-5-12-24(22)25/h2-5,9-14,16,25H,7,15,18H2,1H3,(H,29,30). The van der Waals surface area contributed by atoms with Crippen LogP contribution in [0.25, 0.3) is 11.1 Å². The van der Waals surface area contributed by atoms with E-state index in [0.717, 1.165) is 0 Å². The smallest absolute Gasteiger partial charge is 0.407 e. The topological polar surface area (TPSA) is 71.3 Å². The van der Waals surface area contributed by atoms with Crippen molar-refractivity contribution < 1.29 is 14.3 Å². The van der Waals surface area contributed by atoms with E-state index in [4.69, 9.17) is 14.7 Å². The molecule has 0 saturated carbocycles. The van der Waals surface area contributed by atoms with Crippen molar-refractivity contribution in [3.8, 4) is 34.8 Å². The molecule has 0 aromatic heterocycles. The minimum atomic E-state index is -0.460. The molecule has 0 fully saturated rings. The van der Waals surface area contributed by atoms with Crippen LogP contribution in [-0.4, -0.2) is 26.4 Å². The highest BCUT2D eigenvalue weighted by Gasteiger charge is 2.28. The van der Waals surface area contributed by atoms with E-state index in [1.165, 1.54) is 22.3 Å². The molecule has 0 unspecified atom stereocenters. The predicted molar refractivity (Wildman–Crippen MR) is 122 cm³/mol.